The average Bonchev–Trinajstić information content (AvgIpc) is 2.04. The highest BCUT2D eigenvalue weighted by atomic mass is 79.9. The molecule has 1 aliphatic rings. The maximum absolute atomic E-state index is 3.66. The standard InChI is InChI=1S/C10H11Br/c11-10-7-6-9(10)8-4-2-1-3-5-8/h1-5,9-10H,6-7H2. The van der Waals surface area contributed by atoms with E-state index in [1.165, 1.54) is 18.4 Å². The molecular weight excluding hydrogens is 200 g/mol. The Balaban J connectivity index is 2.17. The lowest BCUT2D eigenvalue weighted by atomic mass is 9.80. The second kappa shape index (κ2) is 2.98. The van der Waals surface area contributed by atoms with Crippen molar-refractivity contribution >= 4 is 15.9 Å². The average molecular weight is 211 g/mol. The molecule has 0 radical (unpaired) electrons. The first-order valence-electron chi connectivity index (χ1n) is 4.07. The molecule has 1 fully saturated rings. The SMILES string of the molecule is BrC1CCC1c1ccccc1. The monoisotopic (exact) mass is 210 g/mol. The fraction of sp³-hybridized carbons (Fsp3) is 0.400. The van der Waals surface area contributed by atoms with Crippen molar-refractivity contribution in [2.75, 3.05) is 0 Å². The van der Waals surface area contributed by atoms with E-state index in [0.717, 1.165) is 10.7 Å². The molecule has 0 N–H and O–H groups in total. The van der Waals surface area contributed by atoms with Crippen molar-refractivity contribution in [2.24, 2.45) is 0 Å². The van der Waals surface area contributed by atoms with Crippen LogP contribution in [-0.4, -0.2) is 4.83 Å². The van der Waals surface area contributed by atoms with E-state index in [1.54, 1.807) is 0 Å². The summed E-state index contributed by atoms with van der Waals surface area (Å²) >= 11 is 3.66. The molecule has 58 valence electrons. The Morgan fingerprint density at radius 1 is 1.09 bits per heavy atom. The zero-order valence-corrected chi connectivity index (χ0v) is 7.92. The number of hydrogen-bond donors (Lipinski definition) is 0. The molecule has 0 nitrogen and oxygen atoms in total. The third kappa shape index (κ3) is 1.34. The first-order valence-corrected chi connectivity index (χ1v) is 4.98. The van der Waals surface area contributed by atoms with Crippen LogP contribution in [0.1, 0.15) is 24.3 Å². The molecule has 0 saturated heterocycles. The van der Waals surface area contributed by atoms with Gasteiger partial charge >= 0.3 is 0 Å². The number of halogens is 1. The molecule has 0 aromatic heterocycles. The summed E-state index contributed by atoms with van der Waals surface area (Å²) in [4.78, 5) is 0.727. The van der Waals surface area contributed by atoms with E-state index in [9.17, 15) is 0 Å². The Labute approximate surface area is 75.8 Å². The summed E-state index contributed by atoms with van der Waals surface area (Å²) in [5.74, 6) is 0.774. The van der Waals surface area contributed by atoms with Crippen molar-refractivity contribution in [3.63, 3.8) is 0 Å². The molecule has 0 amide bonds. The summed E-state index contributed by atoms with van der Waals surface area (Å²) in [5.41, 5.74) is 1.49. The molecular formula is C10H11Br. The molecule has 2 atom stereocenters. The fourth-order valence-corrected chi connectivity index (χ4v) is 2.37. The lowest BCUT2D eigenvalue weighted by molar-refractivity contribution is 0.444. The van der Waals surface area contributed by atoms with Gasteiger partial charge in [0.1, 0.15) is 0 Å². The zero-order chi connectivity index (χ0) is 7.68. The first kappa shape index (κ1) is 7.35. The molecule has 0 aliphatic heterocycles. The van der Waals surface area contributed by atoms with Crippen LogP contribution in [0, 0.1) is 0 Å². The quantitative estimate of drug-likeness (QED) is 0.625. The summed E-state index contributed by atoms with van der Waals surface area (Å²) in [5, 5.41) is 0. The summed E-state index contributed by atoms with van der Waals surface area (Å²) in [6, 6.07) is 10.8. The molecule has 2 rings (SSSR count). The van der Waals surface area contributed by atoms with E-state index in [4.69, 9.17) is 0 Å². The minimum atomic E-state index is 0.727. The van der Waals surface area contributed by atoms with Crippen molar-refractivity contribution in [3.05, 3.63) is 35.9 Å². The number of hydrogen-bond acceptors (Lipinski definition) is 0. The maximum Gasteiger partial charge on any atom is 0.0214 e. The topological polar surface area (TPSA) is 0 Å². The molecule has 1 heteroatoms. The second-order valence-electron chi connectivity index (χ2n) is 3.11. The predicted molar refractivity (Wildman–Crippen MR) is 51.1 cm³/mol. The van der Waals surface area contributed by atoms with Gasteiger partial charge in [-0.25, -0.2) is 0 Å². The molecule has 0 spiro atoms. The first-order chi connectivity index (χ1) is 5.38. The van der Waals surface area contributed by atoms with Gasteiger partial charge in [-0.2, -0.15) is 0 Å². The van der Waals surface area contributed by atoms with E-state index in [1.807, 2.05) is 0 Å². The van der Waals surface area contributed by atoms with E-state index in [0.29, 0.717) is 0 Å². The largest absolute Gasteiger partial charge is 0.0884 e. The van der Waals surface area contributed by atoms with Gasteiger partial charge in [-0.05, 0) is 24.3 Å². The maximum atomic E-state index is 3.66. The van der Waals surface area contributed by atoms with Gasteiger partial charge in [-0.15, -0.1) is 0 Å². The van der Waals surface area contributed by atoms with Crippen LogP contribution in [0.3, 0.4) is 0 Å². The van der Waals surface area contributed by atoms with Gasteiger partial charge in [-0.3, -0.25) is 0 Å². The van der Waals surface area contributed by atoms with Crippen LogP contribution in [0.15, 0.2) is 30.3 Å². The normalized spacial score (nSPS) is 29.5. The van der Waals surface area contributed by atoms with Crippen LogP contribution in [0.2, 0.25) is 0 Å². The van der Waals surface area contributed by atoms with E-state index < -0.39 is 0 Å². The lowest BCUT2D eigenvalue weighted by Gasteiger charge is -2.32. The Hall–Kier alpha value is -0.300. The minimum Gasteiger partial charge on any atom is -0.0884 e. The van der Waals surface area contributed by atoms with Crippen molar-refractivity contribution in [1.29, 1.82) is 0 Å². The predicted octanol–water partition coefficient (Wildman–Crippen LogP) is 3.33. The highest BCUT2D eigenvalue weighted by molar-refractivity contribution is 9.09. The highest BCUT2D eigenvalue weighted by Crippen LogP contribution is 2.41. The number of benzene rings is 1. The summed E-state index contributed by atoms with van der Waals surface area (Å²) in [7, 11) is 0. The van der Waals surface area contributed by atoms with Crippen molar-refractivity contribution in [1.82, 2.24) is 0 Å². The van der Waals surface area contributed by atoms with Crippen molar-refractivity contribution in [2.45, 2.75) is 23.6 Å². The van der Waals surface area contributed by atoms with Gasteiger partial charge in [0, 0.05) is 4.83 Å². The van der Waals surface area contributed by atoms with Crippen LogP contribution in [0.4, 0.5) is 0 Å². The molecule has 0 bridgehead atoms. The van der Waals surface area contributed by atoms with Gasteiger partial charge < -0.3 is 0 Å². The van der Waals surface area contributed by atoms with Crippen molar-refractivity contribution < 1.29 is 0 Å². The van der Waals surface area contributed by atoms with Crippen LogP contribution in [0.5, 0.6) is 0 Å². The van der Waals surface area contributed by atoms with Crippen molar-refractivity contribution in [3.8, 4) is 0 Å². The van der Waals surface area contributed by atoms with Gasteiger partial charge in [-0.1, -0.05) is 46.3 Å². The van der Waals surface area contributed by atoms with E-state index in [2.05, 4.69) is 46.3 Å². The van der Waals surface area contributed by atoms with Crippen LogP contribution in [-0.2, 0) is 0 Å². The zero-order valence-electron chi connectivity index (χ0n) is 6.33. The Bertz CT molecular complexity index is 230. The molecule has 11 heavy (non-hydrogen) atoms. The van der Waals surface area contributed by atoms with Crippen LogP contribution >= 0.6 is 15.9 Å². The third-order valence-electron chi connectivity index (χ3n) is 2.42. The molecule has 1 aliphatic carbocycles. The number of alkyl halides is 1. The third-order valence-corrected chi connectivity index (χ3v) is 3.51. The fourth-order valence-electron chi connectivity index (χ4n) is 1.54. The molecule has 2 unspecified atom stereocenters. The summed E-state index contributed by atoms with van der Waals surface area (Å²) < 4.78 is 0. The summed E-state index contributed by atoms with van der Waals surface area (Å²) in [6.07, 6.45) is 2.68. The molecule has 1 saturated carbocycles. The van der Waals surface area contributed by atoms with Crippen LogP contribution < -0.4 is 0 Å². The highest BCUT2D eigenvalue weighted by Gasteiger charge is 2.29. The summed E-state index contributed by atoms with van der Waals surface area (Å²) in [6.45, 7) is 0. The Kier molecular flexibility index (Phi) is 1.99. The van der Waals surface area contributed by atoms with Gasteiger partial charge in [0.2, 0.25) is 0 Å². The van der Waals surface area contributed by atoms with E-state index >= 15 is 0 Å². The Morgan fingerprint density at radius 3 is 2.27 bits per heavy atom. The van der Waals surface area contributed by atoms with Gasteiger partial charge in [0.05, 0.1) is 0 Å². The minimum absolute atomic E-state index is 0.727. The van der Waals surface area contributed by atoms with Gasteiger partial charge in [0.15, 0.2) is 0 Å². The molecule has 0 heterocycles. The number of rotatable bonds is 1. The smallest absolute Gasteiger partial charge is 0.0214 e. The lowest BCUT2D eigenvalue weighted by Crippen LogP contribution is -2.23. The Morgan fingerprint density at radius 2 is 1.82 bits per heavy atom. The van der Waals surface area contributed by atoms with Crippen LogP contribution in [0.25, 0.3) is 0 Å². The second-order valence-corrected chi connectivity index (χ2v) is 4.29. The van der Waals surface area contributed by atoms with E-state index in [-0.39, 0.29) is 0 Å². The molecule has 1 aromatic rings. The molecule has 1 aromatic carbocycles. The van der Waals surface area contributed by atoms with Gasteiger partial charge in [0.25, 0.3) is 0 Å².